The van der Waals surface area contributed by atoms with Crippen LogP contribution in [0.5, 0.6) is 0 Å². The summed E-state index contributed by atoms with van der Waals surface area (Å²) in [5, 5.41) is 8.92. The zero-order valence-electron chi connectivity index (χ0n) is 15.8. The molecule has 1 fully saturated rings. The zero-order valence-corrected chi connectivity index (χ0v) is 15.8. The Labute approximate surface area is 159 Å². The van der Waals surface area contributed by atoms with Crippen LogP contribution in [-0.2, 0) is 11.8 Å². The Hall–Kier alpha value is -2.60. The maximum Gasteiger partial charge on any atom is 0.410 e. The number of benzene rings is 1. The highest BCUT2D eigenvalue weighted by Gasteiger charge is 2.30. The Morgan fingerprint density at radius 3 is 2.56 bits per heavy atom. The zero-order chi connectivity index (χ0) is 19.4. The Balaban J connectivity index is 1.69. The van der Waals surface area contributed by atoms with Gasteiger partial charge in [0.05, 0.1) is 6.04 Å². The highest BCUT2D eigenvalue weighted by atomic mass is 16.6. The molecule has 3 rings (SSSR count). The third kappa shape index (κ3) is 4.39. The molecule has 0 aliphatic carbocycles. The summed E-state index contributed by atoms with van der Waals surface area (Å²) in [4.78, 5) is 25.9. The summed E-state index contributed by atoms with van der Waals surface area (Å²) in [6.07, 6.45) is 3.49. The van der Waals surface area contributed by atoms with Gasteiger partial charge in [0.25, 0.3) is 5.56 Å². The van der Waals surface area contributed by atoms with Crippen LogP contribution in [0.3, 0.4) is 0 Å². The SMILES string of the molecule is CC(c1ccc(-c2ccn(C)c(=O)c2)cc1)N1CCC(CCCO)OC1=O. The summed E-state index contributed by atoms with van der Waals surface area (Å²) in [5.41, 5.74) is 2.82. The van der Waals surface area contributed by atoms with Gasteiger partial charge in [0.1, 0.15) is 6.10 Å². The summed E-state index contributed by atoms with van der Waals surface area (Å²) >= 11 is 0. The number of aromatic nitrogens is 1. The smallest absolute Gasteiger partial charge is 0.410 e. The maximum atomic E-state index is 12.3. The first kappa shape index (κ1) is 19.2. The molecule has 144 valence electrons. The molecule has 1 saturated heterocycles. The third-order valence-electron chi connectivity index (χ3n) is 5.18. The van der Waals surface area contributed by atoms with Crippen LogP contribution in [0.1, 0.15) is 37.8 Å². The van der Waals surface area contributed by atoms with E-state index in [0.29, 0.717) is 19.4 Å². The van der Waals surface area contributed by atoms with Crippen molar-refractivity contribution >= 4 is 6.09 Å². The second kappa shape index (κ2) is 8.39. The van der Waals surface area contributed by atoms with Crippen LogP contribution in [0.25, 0.3) is 11.1 Å². The molecule has 2 unspecified atom stereocenters. The van der Waals surface area contributed by atoms with Gasteiger partial charge >= 0.3 is 6.09 Å². The minimum absolute atomic E-state index is 0.0447. The quantitative estimate of drug-likeness (QED) is 0.848. The number of hydrogen-bond acceptors (Lipinski definition) is 4. The summed E-state index contributed by atoms with van der Waals surface area (Å²) in [6, 6.07) is 11.4. The second-order valence-corrected chi connectivity index (χ2v) is 7.02. The summed E-state index contributed by atoms with van der Waals surface area (Å²) in [5.74, 6) is 0. The van der Waals surface area contributed by atoms with Crippen molar-refractivity contribution in [1.29, 1.82) is 0 Å². The number of ether oxygens (including phenoxy) is 1. The molecule has 0 spiro atoms. The van der Waals surface area contributed by atoms with Crippen molar-refractivity contribution < 1.29 is 14.6 Å². The fraction of sp³-hybridized carbons (Fsp3) is 0.429. The fourth-order valence-electron chi connectivity index (χ4n) is 3.38. The number of pyridine rings is 1. The summed E-state index contributed by atoms with van der Waals surface area (Å²) < 4.78 is 7.04. The van der Waals surface area contributed by atoms with Gasteiger partial charge in [0, 0.05) is 38.9 Å². The van der Waals surface area contributed by atoms with Crippen LogP contribution in [-0.4, -0.2) is 39.9 Å². The van der Waals surface area contributed by atoms with Gasteiger partial charge in [-0.2, -0.15) is 0 Å². The fourth-order valence-corrected chi connectivity index (χ4v) is 3.38. The van der Waals surface area contributed by atoms with Gasteiger partial charge in [-0.15, -0.1) is 0 Å². The molecule has 0 radical (unpaired) electrons. The molecule has 1 aromatic heterocycles. The molecule has 0 saturated carbocycles. The van der Waals surface area contributed by atoms with Crippen molar-refractivity contribution in [2.24, 2.45) is 7.05 Å². The predicted molar refractivity (Wildman–Crippen MR) is 103 cm³/mol. The van der Waals surface area contributed by atoms with Gasteiger partial charge < -0.3 is 19.3 Å². The molecule has 1 aliphatic heterocycles. The lowest BCUT2D eigenvalue weighted by Crippen LogP contribution is -2.43. The maximum absolute atomic E-state index is 12.3. The second-order valence-electron chi connectivity index (χ2n) is 7.02. The van der Waals surface area contributed by atoms with E-state index < -0.39 is 0 Å². The van der Waals surface area contributed by atoms with E-state index in [9.17, 15) is 9.59 Å². The van der Waals surface area contributed by atoms with Crippen LogP contribution in [0.2, 0.25) is 0 Å². The molecular weight excluding hydrogens is 344 g/mol. The van der Waals surface area contributed by atoms with Crippen molar-refractivity contribution in [2.75, 3.05) is 13.2 Å². The topological polar surface area (TPSA) is 71.8 Å². The van der Waals surface area contributed by atoms with Crippen molar-refractivity contribution in [3.8, 4) is 11.1 Å². The van der Waals surface area contributed by atoms with Crippen LogP contribution in [0, 0.1) is 0 Å². The van der Waals surface area contributed by atoms with E-state index in [-0.39, 0.29) is 30.4 Å². The average Bonchev–Trinajstić information content (AvgIpc) is 2.68. The molecule has 2 heterocycles. The van der Waals surface area contributed by atoms with Gasteiger partial charge in [0.15, 0.2) is 0 Å². The first-order valence-electron chi connectivity index (χ1n) is 9.34. The Morgan fingerprint density at radius 2 is 1.93 bits per heavy atom. The Morgan fingerprint density at radius 1 is 1.19 bits per heavy atom. The van der Waals surface area contributed by atoms with E-state index in [1.54, 1.807) is 24.2 Å². The molecule has 2 aromatic rings. The molecule has 1 aliphatic rings. The summed E-state index contributed by atoms with van der Waals surface area (Å²) in [7, 11) is 1.73. The van der Waals surface area contributed by atoms with Crippen molar-refractivity contribution in [2.45, 2.75) is 38.3 Å². The molecular formula is C21H26N2O4. The number of carbonyl (C=O) groups excluding carboxylic acids is 1. The van der Waals surface area contributed by atoms with E-state index in [0.717, 1.165) is 23.1 Å². The third-order valence-corrected chi connectivity index (χ3v) is 5.18. The van der Waals surface area contributed by atoms with Crippen molar-refractivity contribution in [3.05, 3.63) is 58.5 Å². The Bertz CT molecular complexity index is 844. The number of carbonyl (C=O) groups is 1. The molecule has 1 N–H and O–H groups in total. The number of hydrogen-bond donors (Lipinski definition) is 1. The average molecular weight is 370 g/mol. The van der Waals surface area contributed by atoms with Crippen molar-refractivity contribution in [3.63, 3.8) is 0 Å². The molecule has 27 heavy (non-hydrogen) atoms. The van der Waals surface area contributed by atoms with E-state index in [2.05, 4.69) is 0 Å². The van der Waals surface area contributed by atoms with Gasteiger partial charge in [-0.25, -0.2) is 4.79 Å². The number of aliphatic hydroxyl groups is 1. The number of nitrogens with zero attached hydrogens (tertiary/aromatic N) is 2. The highest BCUT2D eigenvalue weighted by molar-refractivity contribution is 5.69. The largest absolute Gasteiger partial charge is 0.446 e. The van der Waals surface area contributed by atoms with Crippen molar-refractivity contribution in [1.82, 2.24) is 9.47 Å². The number of aliphatic hydroxyl groups excluding tert-OH is 1. The number of aryl methyl sites for hydroxylation is 1. The molecule has 6 heteroatoms. The lowest BCUT2D eigenvalue weighted by atomic mass is 10.0. The molecule has 6 nitrogen and oxygen atoms in total. The van der Waals surface area contributed by atoms with E-state index in [1.807, 2.05) is 37.3 Å². The lowest BCUT2D eigenvalue weighted by Gasteiger charge is -2.35. The Kier molecular flexibility index (Phi) is 5.96. The number of rotatable bonds is 6. The minimum atomic E-state index is -0.299. The summed E-state index contributed by atoms with van der Waals surface area (Å²) in [6.45, 7) is 2.75. The lowest BCUT2D eigenvalue weighted by molar-refractivity contribution is 0.00760. The van der Waals surface area contributed by atoms with Gasteiger partial charge in [0.2, 0.25) is 0 Å². The van der Waals surface area contributed by atoms with Gasteiger partial charge in [-0.3, -0.25) is 4.79 Å². The van der Waals surface area contributed by atoms with Crippen LogP contribution < -0.4 is 5.56 Å². The standard InChI is InChI=1S/C21H26N2O4/c1-15(23-12-10-19(4-3-13-24)27-21(23)26)16-5-7-17(8-6-16)18-9-11-22(2)20(25)14-18/h5-9,11,14-15,19,24H,3-4,10,12-13H2,1-2H3. The molecule has 1 amide bonds. The van der Waals surface area contributed by atoms with Gasteiger partial charge in [-0.1, -0.05) is 24.3 Å². The number of amides is 1. The molecule has 2 atom stereocenters. The first-order valence-corrected chi connectivity index (χ1v) is 9.34. The minimum Gasteiger partial charge on any atom is -0.446 e. The van der Waals surface area contributed by atoms with E-state index >= 15 is 0 Å². The van der Waals surface area contributed by atoms with Crippen LogP contribution in [0.15, 0.2) is 47.4 Å². The van der Waals surface area contributed by atoms with E-state index in [1.165, 1.54) is 4.57 Å². The first-order chi connectivity index (χ1) is 13.0. The molecule has 0 bridgehead atoms. The normalized spacial score (nSPS) is 18.3. The highest BCUT2D eigenvalue weighted by Crippen LogP contribution is 2.28. The predicted octanol–water partition coefficient (Wildman–Crippen LogP) is 3.10. The van der Waals surface area contributed by atoms with Crippen LogP contribution in [0.4, 0.5) is 4.79 Å². The van der Waals surface area contributed by atoms with Gasteiger partial charge in [-0.05, 0) is 42.5 Å². The monoisotopic (exact) mass is 370 g/mol. The molecule has 1 aromatic carbocycles. The number of cyclic esters (lactones) is 1. The van der Waals surface area contributed by atoms with E-state index in [4.69, 9.17) is 9.84 Å². The van der Waals surface area contributed by atoms with Crippen LogP contribution >= 0.6 is 0 Å².